The van der Waals surface area contributed by atoms with Crippen molar-refractivity contribution >= 4 is 48.7 Å². The summed E-state index contributed by atoms with van der Waals surface area (Å²) in [5.41, 5.74) is 1.13. The van der Waals surface area contributed by atoms with Gasteiger partial charge in [-0.2, -0.15) is 13.0 Å². The number of sulfonamides is 1. The Hall–Kier alpha value is -0.570. The van der Waals surface area contributed by atoms with Gasteiger partial charge in [0.25, 0.3) is 0 Å². The van der Waals surface area contributed by atoms with E-state index in [2.05, 4.69) is 24.7 Å². The van der Waals surface area contributed by atoms with Gasteiger partial charge in [-0.3, -0.25) is 0 Å². The van der Waals surface area contributed by atoms with Crippen LogP contribution in [0.1, 0.15) is 12.8 Å². The Labute approximate surface area is 130 Å². The minimum atomic E-state index is -3.46. The summed E-state index contributed by atoms with van der Waals surface area (Å²) in [4.78, 5) is 0.281. The highest BCUT2D eigenvalue weighted by Gasteiger charge is 2.34. The summed E-state index contributed by atoms with van der Waals surface area (Å²) in [6.07, 6.45) is 1.94. The molecule has 0 saturated carbocycles. The zero-order valence-electron chi connectivity index (χ0n) is 10.7. The average molecular weight is 376 g/mol. The molecule has 1 fully saturated rings. The Morgan fingerprint density at radius 2 is 2.25 bits per heavy atom. The van der Waals surface area contributed by atoms with E-state index in [1.165, 1.54) is 0 Å². The minimum Gasteiger partial charge on any atom is -0.207 e. The molecule has 2 aliphatic heterocycles. The fraction of sp³-hybridized carbons (Fsp3) is 0.500. The van der Waals surface area contributed by atoms with Crippen LogP contribution in [0.15, 0.2) is 31.8 Å². The molecule has 5 nitrogen and oxygen atoms in total. The normalized spacial score (nSPS) is 21.9. The van der Waals surface area contributed by atoms with Gasteiger partial charge in [0.05, 0.1) is 11.4 Å². The first kappa shape index (κ1) is 14.4. The molecular weight excluding hydrogens is 362 g/mol. The minimum absolute atomic E-state index is 0.281. The van der Waals surface area contributed by atoms with E-state index in [1.807, 2.05) is 0 Å². The number of alkyl halides is 1. The second-order valence-electron chi connectivity index (χ2n) is 4.88. The largest absolute Gasteiger partial charge is 0.245 e. The molecule has 0 N–H and O–H groups in total. The lowest BCUT2D eigenvalue weighted by molar-refractivity contribution is 0.454. The second-order valence-corrected chi connectivity index (χ2v) is 8.11. The fourth-order valence-corrected chi connectivity index (χ4v) is 5.46. The number of hydrogen-bond donors (Lipinski definition) is 0. The molecule has 20 heavy (non-hydrogen) atoms. The van der Waals surface area contributed by atoms with Crippen LogP contribution in [-0.4, -0.2) is 31.1 Å². The summed E-state index contributed by atoms with van der Waals surface area (Å²) in [5.74, 6) is 0.442. The Kier molecular flexibility index (Phi) is 4.07. The highest BCUT2D eigenvalue weighted by atomic mass is 79.9. The maximum absolute atomic E-state index is 12.7. The third kappa shape index (κ3) is 2.49. The van der Waals surface area contributed by atoms with Crippen LogP contribution in [0.5, 0.6) is 0 Å². The zero-order chi connectivity index (χ0) is 14.2. The van der Waals surface area contributed by atoms with Gasteiger partial charge in [-0.25, -0.2) is 8.42 Å². The molecule has 1 aromatic carbocycles. The van der Waals surface area contributed by atoms with Crippen LogP contribution in [0.2, 0.25) is 0 Å². The molecule has 2 heterocycles. The van der Waals surface area contributed by atoms with Crippen LogP contribution in [-0.2, 0) is 21.4 Å². The summed E-state index contributed by atoms with van der Waals surface area (Å²) >= 11 is 4.46. The van der Waals surface area contributed by atoms with Gasteiger partial charge < -0.3 is 0 Å². The molecule has 3 rings (SSSR count). The summed E-state index contributed by atoms with van der Waals surface area (Å²) < 4.78 is 35.3. The first-order valence-corrected chi connectivity index (χ1v) is 9.69. The molecule has 1 aromatic rings. The molecule has 108 valence electrons. The van der Waals surface area contributed by atoms with Gasteiger partial charge in [0, 0.05) is 18.4 Å². The van der Waals surface area contributed by atoms with Crippen molar-refractivity contribution in [1.29, 1.82) is 0 Å². The average Bonchev–Trinajstić information content (AvgIpc) is 3.06. The lowest BCUT2D eigenvalue weighted by atomic mass is 10.1. The van der Waals surface area contributed by atoms with Crippen molar-refractivity contribution in [3.05, 3.63) is 18.2 Å². The monoisotopic (exact) mass is 375 g/mol. The van der Waals surface area contributed by atoms with Gasteiger partial charge in [-0.05, 0) is 30.9 Å². The summed E-state index contributed by atoms with van der Waals surface area (Å²) in [7, 11) is -3.46. The molecular formula is C12H14BrN3O2S2. The van der Waals surface area contributed by atoms with Crippen LogP contribution >= 0.6 is 15.9 Å². The lowest BCUT2D eigenvalue weighted by Crippen LogP contribution is -2.29. The number of rotatable bonds is 4. The molecule has 0 aliphatic carbocycles. The predicted molar refractivity (Wildman–Crippen MR) is 83.3 cm³/mol. The van der Waals surface area contributed by atoms with E-state index in [4.69, 9.17) is 0 Å². The molecule has 0 spiro atoms. The highest BCUT2D eigenvalue weighted by Crippen LogP contribution is 2.39. The molecule has 2 aliphatic rings. The third-order valence-electron chi connectivity index (χ3n) is 3.63. The molecule has 0 bridgehead atoms. The Bertz CT molecular complexity index is 699. The molecule has 8 heteroatoms. The van der Waals surface area contributed by atoms with Crippen LogP contribution in [0.4, 0.5) is 11.4 Å². The molecule has 0 amide bonds. The van der Waals surface area contributed by atoms with Gasteiger partial charge in [0.1, 0.15) is 16.3 Å². The third-order valence-corrected chi connectivity index (χ3v) is 6.53. The van der Waals surface area contributed by atoms with Crippen LogP contribution in [0.3, 0.4) is 0 Å². The van der Waals surface area contributed by atoms with Crippen LogP contribution < -0.4 is 0 Å². The van der Waals surface area contributed by atoms with E-state index in [9.17, 15) is 8.42 Å². The van der Waals surface area contributed by atoms with Gasteiger partial charge in [0.15, 0.2) is 0 Å². The molecule has 1 atom stereocenters. The van der Waals surface area contributed by atoms with E-state index < -0.39 is 10.0 Å². The van der Waals surface area contributed by atoms with E-state index >= 15 is 0 Å². The van der Waals surface area contributed by atoms with Crippen molar-refractivity contribution in [2.75, 3.05) is 18.4 Å². The molecule has 1 unspecified atom stereocenters. The summed E-state index contributed by atoms with van der Waals surface area (Å²) in [5, 5.41) is 0.914. The number of halogens is 1. The predicted octanol–water partition coefficient (Wildman–Crippen LogP) is 3.21. The van der Waals surface area contributed by atoms with Crippen molar-refractivity contribution in [2.24, 2.45) is 14.6 Å². The van der Waals surface area contributed by atoms with Gasteiger partial charge in [-0.15, -0.1) is 0 Å². The number of fused-ring (bicyclic) bond motifs is 1. The van der Waals surface area contributed by atoms with Crippen LogP contribution in [0.25, 0.3) is 0 Å². The summed E-state index contributed by atoms with van der Waals surface area (Å²) in [6, 6.07) is 5.13. The van der Waals surface area contributed by atoms with Crippen molar-refractivity contribution in [3.8, 4) is 0 Å². The van der Waals surface area contributed by atoms with Gasteiger partial charge in [0.2, 0.25) is 10.0 Å². The molecule has 0 aromatic heterocycles. The lowest BCUT2D eigenvalue weighted by Gasteiger charge is -2.17. The number of benzene rings is 1. The Balaban J connectivity index is 1.91. The first-order valence-electron chi connectivity index (χ1n) is 6.40. The maximum atomic E-state index is 12.7. The highest BCUT2D eigenvalue weighted by molar-refractivity contribution is 9.09. The van der Waals surface area contributed by atoms with Gasteiger partial charge in [-0.1, -0.05) is 22.0 Å². The van der Waals surface area contributed by atoms with Crippen molar-refractivity contribution < 1.29 is 8.42 Å². The van der Waals surface area contributed by atoms with Crippen LogP contribution in [0, 0.1) is 5.92 Å². The van der Waals surface area contributed by atoms with E-state index in [0.717, 1.165) is 29.5 Å². The quantitative estimate of drug-likeness (QED) is 0.770. The van der Waals surface area contributed by atoms with Crippen molar-refractivity contribution in [3.63, 3.8) is 0 Å². The van der Waals surface area contributed by atoms with Crippen molar-refractivity contribution in [1.82, 2.24) is 4.31 Å². The standard InChI is InChI=1S/C12H14BrN3O2S2/c13-6-4-9-5-7-16(8-9)20(17,18)11-3-1-2-10-12(11)15-19-14-10/h1-3,9H,4-8H2. The van der Waals surface area contributed by atoms with E-state index in [1.54, 1.807) is 22.5 Å². The fourth-order valence-electron chi connectivity index (χ4n) is 2.53. The number of hydrogen-bond acceptors (Lipinski definition) is 4. The topological polar surface area (TPSA) is 62.1 Å². The van der Waals surface area contributed by atoms with Gasteiger partial charge >= 0.3 is 0 Å². The molecule has 1 saturated heterocycles. The Morgan fingerprint density at radius 1 is 1.40 bits per heavy atom. The maximum Gasteiger partial charge on any atom is 0.245 e. The second kappa shape index (κ2) is 5.67. The molecule has 0 radical (unpaired) electrons. The van der Waals surface area contributed by atoms with E-state index in [0.29, 0.717) is 30.4 Å². The first-order chi connectivity index (χ1) is 9.63. The number of nitrogens with zero attached hydrogens (tertiary/aromatic N) is 3. The smallest absolute Gasteiger partial charge is 0.207 e. The van der Waals surface area contributed by atoms with E-state index in [-0.39, 0.29) is 4.90 Å². The summed E-state index contributed by atoms with van der Waals surface area (Å²) in [6.45, 7) is 1.19. The Morgan fingerprint density at radius 3 is 3.05 bits per heavy atom. The zero-order valence-corrected chi connectivity index (χ0v) is 13.9. The van der Waals surface area contributed by atoms with Crippen molar-refractivity contribution in [2.45, 2.75) is 17.7 Å². The SMILES string of the molecule is O=S(=O)(c1cccc2c1N=S=N2)N1CCC(CCBr)C1.